The van der Waals surface area contributed by atoms with Crippen molar-refractivity contribution < 1.29 is 23.8 Å². The van der Waals surface area contributed by atoms with E-state index < -0.39 is 6.04 Å². The van der Waals surface area contributed by atoms with E-state index in [9.17, 15) is 9.59 Å². The second kappa shape index (κ2) is 13.5. The van der Waals surface area contributed by atoms with Gasteiger partial charge in [0.2, 0.25) is 11.8 Å². The molecule has 1 N–H and O–H groups in total. The molecule has 0 saturated carbocycles. The van der Waals surface area contributed by atoms with Gasteiger partial charge in [0, 0.05) is 19.5 Å². The highest BCUT2D eigenvalue weighted by Gasteiger charge is 2.28. The van der Waals surface area contributed by atoms with Crippen molar-refractivity contribution in [1.82, 2.24) is 10.2 Å². The minimum absolute atomic E-state index is 0.0795. The molecule has 1 atom stereocenters. The Morgan fingerprint density at radius 1 is 0.941 bits per heavy atom. The van der Waals surface area contributed by atoms with E-state index in [4.69, 9.17) is 14.2 Å². The molecule has 0 aliphatic carbocycles. The summed E-state index contributed by atoms with van der Waals surface area (Å²) in [5, 5.41) is 2.99. The number of benzene rings is 2. The number of carbonyl (C=O) groups is 2. The van der Waals surface area contributed by atoms with Crippen LogP contribution in [0, 0.1) is 5.92 Å². The fourth-order valence-electron chi connectivity index (χ4n) is 3.74. The van der Waals surface area contributed by atoms with Crippen LogP contribution >= 0.6 is 0 Å². The molecule has 34 heavy (non-hydrogen) atoms. The maximum atomic E-state index is 13.5. The van der Waals surface area contributed by atoms with Gasteiger partial charge in [0.05, 0.1) is 21.3 Å². The fraction of sp³-hybridized carbons (Fsp3) is 0.481. The monoisotopic (exact) mass is 470 g/mol. The maximum Gasteiger partial charge on any atom is 0.242 e. The molecular weight excluding hydrogens is 432 g/mol. The lowest BCUT2D eigenvalue weighted by atomic mass is 10.1. The van der Waals surface area contributed by atoms with Crippen molar-refractivity contribution in [3.63, 3.8) is 0 Å². The average molecular weight is 471 g/mol. The van der Waals surface area contributed by atoms with Gasteiger partial charge in [0.1, 0.15) is 11.8 Å². The topological polar surface area (TPSA) is 77.1 Å². The van der Waals surface area contributed by atoms with E-state index in [0.29, 0.717) is 49.1 Å². The van der Waals surface area contributed by atoms with E-state index in [1.165, 1.54) is 0 Å². The van der Waals surface area contributed by atoms with Crippen LogP contribution in [0.2, 0.25) is 0 Å². The smallest absolute Gasteiger partial charge is 0.242 e. The van der Waals surface area contributed by atoms with Crippen LogP contribution in [0.3, 0.4) is 0 Å². The molecule has 0 fully saturated rings. The largest absolute Gasteiger partial charge is 0.497 e. The van der Waals surface area contributed by atoms with E-state index in [1.54, 1.807) is 26.2 Å². The predicted molar refractivity (Wildman–Crippen MR) is 133 cm³/mol. The highest BCUT2D eigenvalue weighted by molar-refractivity contribution is 5.87. The van der Waals surface area contributed by atoms with Crippen LogP contribution in [0.5, 0.6) is 17.2 Å². The molecule has 0 heterocycles. The summed E-state index contributed by atoms with van der Waals surface area (Å²) >= 11 is 0. The molecule has 0 radical (unpaired) electrons. The number of nitrogens with one attached hydrogen (secondary N) is 1. The highest BCUT2D eigenvalue weighted by atomic mass is 16.5. The van der Waals surface area contributed by atoms with E-state index >= 15 is 0 Å². The molecule has 0 bridgehead atoms. The summed E-state index contributed by atoms with van der Waals surface area (Å²) in [6, 6.07) is 12.7. The molecule has 1 unspecified atom stereocenters. The Morgan fingerprint density at radius 2 is 1.68 bits per heavy atom. The molecule has 0 aliphatic rings. The molecule has 0 aliphatic heterocycles. The number of ether oxygens (including phenoxy) is 3. The summed E-state index contributed by atoms with van der Waals surface area (Å²) in [4.78, 5) is 28.1. The summed E-state index contributed by atoms with van der Waals surface area (Å²) < 4.78 is 16.0. The lowest BCUT2D eigenvalue weighted by Crippen LogP contribution is -2.49. The number of nitrogens with zero attached hydrogens (tertiary/aromatic N) is 1. The molecular formula is C27H38N2O5. The van der Waals surface area contributed by atoms with Crippen LogP contribution < -0.4 is 19.5 Å². The Hall–Kier alpha value is -3.22. The van der Waals surface area contributed by atoms with Gasteiger partial charge in [-0.3, -0.25) is 9.59 Å². The second-order valence-electron chi connectivity index (χ2n) is 8.63. The molecule has 2 aromatic rings. The Kier molecular flexibility index (Phi) is 10.7. The van der Waals surface area contributed by atoms with Crippen molar-refractivity contribution in [2.75, 3.05) is 27.9 Å². The molecule has 7 nitrogen and oxygen atoms in total. The summed E-state index contributed by atoms with van der Waals surface area (Å²) in [6.07, 6.45) is 1.32. The van der Waals surface area contributed by atoms with Gasteiger partial charge >= 0.3 is 0 Å². The van der Waals surface area contributed by atoms with Crippen LogP contribution in [-0.4, -0.2) is 50.6 Å². The number of amides is 2. The maximum absolute atomic E-state index is 13.5. The number of aryl methyl sites for hydroxylation is 1. The number of hydrogen-bond acceptors (Lipinski definition) is 5. The van der Waals surface area contributed by atoms with Gasteiger partial charge < -0.3 is 24.4 Å². The molecule has 0 spiro atoms. The molecule has 186 valence electrons. The standard InChI is InChI=1S/C27H38N2O5/c1-7-23(27(31)28-17-19(2)3)29(18-21-9-8-10-22(15-21)32-4)26(30)14-12-20-11-13-24(33-5)25(16-20)34-6/h8-11,13,15-16,19,23H,7,12,14,17-18H2,1-6H3,(H,28,31). The first-order valence-corrected chi connectivity index (χ1v) is 11.7. The summed E-state index contributed by atoms with van der Waals surface area (Å²) in [5.41, 5.74) is 1.87. The Labute approximate surface area is 203 Å². The van der Waals surface area contributed by atoms with E-state index in [0.717, 1.165) is 11.1 Å². The van der Waals surface area contributed by atoms with Crippen molar-refractivity contribution >= 4 is 11.8 Å². The number of rotatable bonds is 13. The first-order chi connectivity index (χ1) is 16.3. The Morgan fingerprint density at radius 3 is 2.29 bits per heavy atom. The fourth-order valence-corrected chi connectivity index (χ4v) is 3.74. The number of hydrogen-bond donors (Lipinski definition) is 1. The Bertz CT molecular complexity index is 944. The van der Waals surface area contributed by atoms with Crippen molar-refractivity contribution in [3.05, 3.63) is 53.6 Å². The van der Waals surface area contributed by atoms with Crippen LogP contribution in [0.4, 0.5) is 0 Å². The van der Waals surface area contributed by atoms with E-state index in [-0.39, 0.29) is 18.2 Å². The average Bonchev–Trinajstić information content (AvgIpc) is 2.85. The first kappa shape index (κ1) is 27.0. The summed E-state index contributed by atoms with van der Waals surface area (Å²) in [6.45, 7) is 6.92. The second-order valence-corrected chi connectivity index (χ2v) is 8.63. The van der Waals surface area contributed by atoms with Gasteiger partial charge in [-0.25, -0.2) is 0 Å². The summed E-state index contributed by atoms with van der Waals surface area (Å²) in [7, 11) is 4.79. The molecule has 2 rings (SSSR count). The van der Waals surface area contributed by atoms with Gasteiger partial charge in [0.25, 0.3) is 0 Å². The lowest BCUT2D eigenvalue weighted by molar-refractivity contribution is -0.141. The van der Waals surface area contributed by atoms with Crippen molar-refractivity contribution in [3.8, 4) is 17.2 Å². The number of methoxy groups -OCH3 is 3. The van der Waals surface area contributed by atoms with Gasteiger partial charge in [-0.05, 0) is 54.2 Å². The minimum Gasteiger partial charge on any atom is -0.497 e. The number of carbonyl (C=O) groups excluding carboxylic acids is 2. The third-order valence-electron chi connectivity index (χ3n) is 5.63. The molecule has 2 amide bonds. The predicted octanol–water partition coefficient (Wildman–Crippen LogP) is 4.22. The highest BCUT2D eigenvalue weighted by Crippen LogP contribution is 2.28. The third kappa shape index (κ3) is 7.68. The van der Waals surface area contributed by atoms with Gasteiger partial charge in [-0.1, -0.05) is 39.0 Å². The SMILES string of the molecule is CCC(C(=O)NCC(C)C)N(Cc1cccc(OC)c1)C(=O)CCc1ccc(OC)c(OC)c1. The zero-order valence-corrected chi connectivity index (χ0v) is 21.2. The zero-order chi connectivity index (χ0) is 25.1. The van der Waals surface area contributed by atoms with Crippen molar-refractivity contribution in [1.29, 1.82) is 0 Å². The van der Waals surface area contributed by atoms with Crippen LogP contribution in [-0.2, 0) is 22.6 Å². The first-order valence-electron chi connectivity index (χ1n) is 11.7. The van der Waals surface area contributed by atoms with E-state index in [1.807, 2.05) is 63.2 Å². The van der Waals surface area contributed by atoms with Crippen LogP contribution in [0.25, 0.3) is 0 Å². The molecule has 0 aromatic heterocycles. The van der Waals surface area contributed by atoms with E-state index in [2.05, 4.69) is 5.32 Å². The summed E-state index contributed by atoms with van der Waals surface area (Å²) in [5.74, 6) is 2.11. The quantitative estimate of drug-likeness (QED) is 0.474. The van der Waals surface area contributed by atoms with Gasteiger partial charge in [-0.15, -0.1) is 0 Å². The normalized spacial score (nSPS) is 11.6. The minimum atomic E-state index is -0.553. The van der Waals surface area contributed by atoms with Crippen LogP contribution in [0.1, 0.15) is 44.7 Å². The van der Waals surface area contributed by atoms with Gasteiger partial charge in [-0.2, -0.15) is 0 Å². The molecule has 2 aromatic carbocycles. The van der Waals surface area contributed by atoms with Gasteiger partial charge in [0.15, 0.2) is 11.5 Å². The van der Waals surface area contributed by atoms with Crippen molar-refractivity contribution in [2.45, 2.75) is 52.6 Å². The lowest BCUT2D eigenvalue weighted by Gasteiger charge is -2.31. The van der Waals surface area contributed by atoms with Crippen molar-refractivity contribution in [2.24, 2.45) is 5.92 Å². The Balaban J connectivity index is 2.24. The zero-order valence-electron chi connectivity index (χ0n) is 21.2. The van der Waals surface area contributed by atoms with Crippen LogP contribution in [0.15, 0.2) is 42.5 Å². The third-order valence-corrected chi connectivity index (χ3v) is 5.63. The molecule has 0 saturated heterocycles. The molecule has 7 heteroatoms.